The molecule has 1 heterocycles. The molecule has 16 heteroatoms. The third-order valence-electron chi connectivity index (χ3n) is 5.63. The van der Waals surface area contributed by atoms with Crippen molar-refractivity contribution < 1.29 is 47.1 Å². The molecule has 2 aromatic carbocycles. The van der Waals surface area contributed by atoms with Gasteiger partial charge < -0.3 is 29.8 Å². The highest BCUT2D eigenvalue weighted by atomic mass is 35.5. The number of ether oxygens (including phenoxy) is 1. The largest absolute Gasteiger partial charge is 0.469 e. The van der Waals surface area contributed by atoms with Gasteiger partial charge in [0.15, 0.2) is 0 Å². The van der Waals surface area contributed by atoms with Gasteiger partial charge in [0.25, 0.3) is 0 Å². The van der Waals surface area contributed by atoms with Crippen LogP contribution < -0.4 is 10.6 Å². The molecule has 0 fully saturated rings. The van der Waals surface area contributed by atoms with E-state index in [1.165, 1.54) is 49.6 Å². The molecule has 3 aromatic rings. The van der Waals surface area contributed by atoms with Gasteiger partial charge in [0.2, 0.25) is 0 Å². The number of phosphoric acid groups is 1. The summed E-state index contributed by atoms with van der Waals surface area (Å²) >= 11 is 5.91. The Balaban J connectivity index is 1.65. The summed E-state index contributed by atoms with van der Waals surface area (Å²) < 4.78 is 47.7. The molecule has 5 N–H and O–H groups in total. The molecule has 12 nitrogen and oxygen atoms in total. The molecule has 0 radical (unpaired) electrons. The highest BCUT2D eigenvalue weighted by molar-refractivity contribution is 7.46. The predicted molar refractivity (Wildman–Crippen MR) is 140 cm³/mol. The van der Waals surface area contributed by atoms with Crippen molar-refractivity contribution in [3.05, 3.63) is 70.9 Å². The average Bonchev–Trinajstić information content (AvgIpc) is 2.89. The maximum Gasteiger partial charge on any atom is 0.469 e. The quantitative estimate of drug-likeness (QED) is 0.205. The number of carbonyl (C=O) groups excluding carboxylic acids is 2. The van der Waals surface area contributed by atoms with Crippen LogP contribution in [-0.2, 0) is 20.4 Å². The number of amides is 3. The van der Waals surface area contributed by atoms with Crippen LogP contribution >= 0.6 is 19.4 Å². The summed E-state index contributed by atoms with van der Waals surface area (Å²) in [5, 5.41) is 16.1. The molecule has 0 saturated carbocycles. The lowest BCUT2D eigenvalue weighted by Crippen LogP contribution is -2.47. The monoisotopic (exact) mass is 602 g/mol. The Labute approximate surface area is 232 Å². The molecule has 3 amide bonds. The number of hydrogen-bond donors (Lipinski definition) is 5. The number of aliphatic hydroxyl groups excluding tert-OH is 1. The number of aromatic nitrogens is 1. The van der Waals surface area contributed by atoms with Crippen molar-refractivity contribution >= 4 is 48.1 Å². The Hall–Kier alpha value is -3.39. The molecular weight excluding hydrogens is 577 g/mol. The summed E-state index contributed by atoms with van der Waals surface area (Å²) in [5.74, 6) is -1.08. The first-order chi connectivity index (χ1) is 18.8. The number of nitrogens with one attached hydrogen (secondary N) is 2. The van der Waals surface area contributed by atoms with E-state index >= 15 is 0 Å². The molecule has 3 rings (SSSR count). The minimum Gasteiger partial charge on any atom is -0.447 e. The first kappa shape index (κ1) is 31.1. The number of carbonyl (C=O) groups is 2. The molecule has 0 unspecified atom stereocenters. The van der Waals surface area contributed by atoms with Crippen LogP contribution in [0.4, 0.5) is 24.2 Å². The summed E-state index contributed by atoms with van der Waals surface area (Å²) in [5.41, 5.74) is 0.299. The van der Waals surface area contributed by atoms with Crippen LogP contribution in [-0.4, -0.2) is 69.3 Å². The SMILES string of the molecule is CN(C(=O)NCc1cccc(F)c1Cl)[C@@H](COC(=O)Nc1cc2cc(F)ccc2cn1)C[C@@H](O)COP(=O)(O)O. The third kappa shape index (κ3) is 9.37. The fourth-order valence-electron chi connectivity index (χ4n) is 3.54. The maximum absolute atomic E-state index is 13.7. The second kappa shape index (κ2) is 13.8. The van der Waals surface area contributed by atoms with Gasteiger partial charge in [-0.05, 0) is 47.7 Å². The smallest absolute Gasteiger partial charge is 0.447 e. The number of hydrogen-bond acceptors (Lipinski definition) is 7. The second-order valence-electron chi connectivity index (χ2n) is 8.60. The van der Waals surface area contributed by atoms with Crippen LogP contribution in [0.15, 0.2) is 48.7 Å². The lowest BCUT2D eigenvalue weighted by molar-refractivity contribution is 0.0452. The van der Waals surface area contributed by atoms with Crippen LogP contribution in [0.25, 0.3) is 10.8 Å². The van der Waals surface area contributed by atoms with Crippen molar-refractivity contribution in [3.8, 4) is 0 Å². The standard InChI is InChI=1S/C24H26ClF2N4O8P/c1-31(23(33)29-11-15-3-2-4-20(27)22(15)25)18(9-19(32)13-39-40(35,36)37)12-38-24(34)30-21-8-16-7-17(26)6-5-14(16)10-28-21/h2-8,10,18-19,32H,9,11-13H2,1H3,(H,29,33)(H,28,30,34)(H2,35,36,37)/t18-,19-/m1/s1. The van der Waals surface area contributed by atoms with E-state index in [1.54, 1.807) is 0 Å². The molecule has 0 aliphatic heterocycles. The zero-order chi connectivity index (χ0) is 29.4. The summed E-state index contributed by atoms with van der Waals surface area (Å²) in [7, 11) is -3.55. The van der Waals surface area contributed by atoms with Crippen LogP contribution in [0.3, 0.4) is 0 Å². The van der Waals surface area contributed by atoms with E-state index in [0.717, 1.165) is 11.0 Å². The van der Waals surface area contributed by atoms with Crippen LogP contribution in [0.1, 0.15) is 12.0 Å². The molecule has 0 bridgehead atoms. The van der Waals surface area contributed by atoms with Gasteiger partial charge in [0.1, 0.15) is 24.1 Å². The topological polar surface area (TPSA) is 171 Å². The summed E-state index contributed by atoms with van der Waals surface area (Å²) in [6.07, 6.45) is -1.33. The molecule has 0 aliphatic carbocycles. The number of fused-ring (bicyclic) bond motifs is 1. The molecule has 0 saturated heterocycles. The Morgan fingerprint density at radius 2 is 1.90 bits per heavy atom. The highest BCUT2D eigenvalue weighted by Crippen LogP contribution is 2.36. The van der Waals surface area contributed by atoms with Crippen molar-refractivity contribution in [3.63, 3.8) is 0 Å². The molecular formula is C24H26ClF2N4O8P. The minimum atomic E-state index is -4.87. The summed E-state index contributed by atoms with van der Waals surface area (Å²) in [4.78, 5) is 48.1. The Morgan fingerprint density at radius 1 is 1.15 bits per heavy atom. The Morgan fingerprint density at radius 3 is 2.62 bits per heavy atom. The fraction of sp³-hybridized carbons (Fsp3) is 0.292. The van der Waals surface area contributed by atoms with Crippen LogP contribution in [0.5, 0.6) is 0 Å². The maximum atomic E-state index is 13.7. The molecule has 0 aliphatic rings. The number of likely N-dealkylation sites (N-methyl/N-ethyl adjacent to an activating group) is 1. The van der Waals surface area contributed by atoms with E-state index in [4.69, 9.17) is 26.1 Å². The first-order valence-corrected chi connectivity index (χ1v) is 13.5. The molecule has 40 heavy (non-hydrogen) atoms. The van der Waals surface area contributed by atoms with Gasteiger partial charge in [-0.2, -0.15) is 0 Å². The number of phosphoric ester groups is 1. The molecule has 216 valence electrons. The van der Waals surface area contributed by atoms with Crippen LogP contribution in [0.2, 0.25) is 5.02 Å². The van der Waals surface area contributed by atoms with E-state index in [2.05, 4.69) is 20.1 Å². The van der Waals surface area contributed by atoms with Gasteiger partial charge in [-0.1, -0.05) is 23.7 Å². The number of benzene rings is 2. The van der Waals surface area contributed by atoms with E-state index in [9.17, 15) is 28.0 Å². The van der Waals surface area contributed by atoms with Crippen LogP contribution in [0, 0.1) is 11.6 Å². The van der Waals surface area contributed by atoms with Crippen molar-refractivity contribution in [2.24, 2.45) is 0 Å². The van der Waals surface area contributed by atoms with E-state index in [0.29, 0.717) is 16.3 Å². The van der Waals surface area contributed by atoms with Gasteiger partial charge >= 0.3 is 19.9 Å². The van der Waals surface area contributed by atoms with E-state index < -0.39 is 56.9 Å². The zero-order valence-corrected chi connectivity index (χ0v) is 22.6. The molecule has 0 spiro atoms. The number of halogens is 3. The zero-order valence-electron chi connectivity index (χ0n) is 21.0. The lowest BCUT2D eigenvalue weighted by Gasteiger charge is -2.29. The first-order valence-electron chi connectivity index (χ1n) is 11.6. The highest BCUT2D eigenvalue weighted by Gasteiger charge is 2.27. The van der Waals surface area contributed by atoms with E-state index in [-0.39, 0.29) is 23.8 Å². The third-order valence-corrected chi connectivity index (χ3v) is 6.54. The van der Waals surface area contributed by atoms with Crippen molar-refractivity contribution in [2.75, 3.05) is 25.6 Å². The van der Waals surface area contributed by atoms with Gasteiger partial charge in [0.05, 0.1) is 23.8 Å². The molecule has 2 atom stereocenters. The Bertz CT molecular complexity index is 1410. The molecule has 1 aromatic heterocycles. The normalized spacial score (nSPS) is 13.0. The summed E-state index contributed by atoms with van der Waals surface area (Å²) in [6, 6.07) is 7.84. The fourth-order valence-corrected chi connectivity index (χ4v) is 4.10. The number of aliphatic hydroxyl groups is 1. The van der Waals surface area contributed by atoms with Gasteiger partial charge in [-0.15, -0.1) is 0 Å². The van der Waals surface area contributed by atoms with Gasteiger partial charge in [-0.3, -0.25) is 9.84 Å². The number of nitrogens with zero attached hydrogens (tertiary/aromatic N) is 2. The lowest BCUT2D eigenvalue weighted by atomic mass is 10.1. The second-order valence-corrected chi connectivity index (χ2v) is 10.2. The minimum absolute atomic E-state index is 0.0628. The summed E-state index contributed by atoms with van der Waals surface area (Å²) in [6.45, 7) is -1.38. The predicted octanol–water partition coefficient (Wildman–Crippen LogP) is 3.79. The van der Waals surface area contributed by atoms with Gasteiger partial charge in [-0.25, -0.2) is 27.9 Å². The number of urea groups is 1. The van der Waals surface area contributed by atoms with Crippen molar-refractivity contribution in [1.29, 1.82) is 0 Å². The number of rotatable bonds is 11. The van der Waals surface area contributed by atoms with E-state index in [1.807, 2.05) is 0 Å². The number of anilines is 1. The van der Waals surface area contributed by atoms with Crippen molar-refractivity contribution in [1.82, 2.24) is 15.2 Å². The van der Waals surface area contributed by atoms with Crippen molar-refractivity contribution in [2.45, 2.75) is 25.1 Å². The van der Waals surface area contributed by atoms with Gasteiger partial charge in [0, 0.05) is 25.2 Å². The average molecular weight is 603 g/mol. The Kier molecular flexibility index (Phi) is 10.7. The number of pyridine rings is 1.